The summed E-state index contributed by atoms with van der Waals surface area (Å²) < 4.78 is 0. The third kappa shape index (κ3) is 3.22. The Bertz CT molecular complexity index is 238. The first-order valence-corrected chi connectivity index (χ1v) is 7.75. The van der Waals surface area contributed by atoms with Crippen LogP contribution in [0.5, 0.6) is 0 Å². The summed E-state index contributed by atoms with van der Waals surface area (Å²) in [7, 11) is 0. The van der Waals surface area contributed by atoms with E-state index in [0.717, 1.165) is 24.8 Å². The Morgan fingerprint density at radius 1 is 1.12 bits per heavy atom. The number of hydrogen-bond acceptors (Lipinski definition) is 1. The van der Waals surface area contributed by atoms with E-state index in [4.69, 9.17) is 0 Å². The van der Waals surface area contributed by atoms with Crippen LogP contribution in [0.3, 0.4) is 0 Å². The summed E-state index contributed by atoms with van der Waals surface area (Å²) in [6.45, 7) is 1.97. The van der Waals surface area contributed by atoms with Crippen molar-refractivity contribution in [3.63, 3.8) is 0 Å². The van der Waals surface area contributed by atoms with Gasteiger partial charge in [-0.3, -0.25) is 4.79 Å². The summed E-state index contributed by atoms with van der Waals surface area (Å²) in [5.74, 6) is 1.79. The molecular weight excluding hydrogens is 266 g/mol. The van der Waals surface area contributed by atoms with Crippen LogP contribution < -0.4 is 0 Å². The number of carbonyl (C=O) groups is 1. The molecule has 1 heterocycles. The number of halogens is 1. The van der Waals surface area contributed by atoms with Gasteiger partial charge in [0.25, 0.3) is 0 Å². The highest BCUT2D eigenvalue weighted by Crippen LogP contribution is 2.28. The van der Waals surface area contributed by atoms with Gasteiger partial charge >= 0.3 is 0 Å². The van der Waals surface area contributed by atoms with Crippen LogP contribution in [-0.2, 0) is 4.79 Å². The van der Waals surface area contributed by atoms with E-state index in [1.54, 1.807) is 0 Å². The molecule has 16 heavy (non-hydrogen) atoms. The molecule has 1 aliphatic carbocycles. The maximum Gasteiger partial charge on any atom is 0.222 e. The summed E-state index contributed by atoms with van der Waals surface area (Å²) in [4.78, 5) is 14.2. The summed E-state index contributed by atoms with van der Waals surface area (Å²) in [6, 6.07) is 0. The molecule has 1 amide bonds. The van der Waals surface area contributed by atoms with Crippen molar-refractivity contribution in [1.29, 1.82) is 0 Å². The zero-order chi connectivity index (χ0) is 11.4. The Morgan fingerprint density at radius 2 is 1.88 bits per heavy atom. The van der Waals surface area contributed by atoms with Crippen molar-refractivity contribution in [3.8, 4) is 0 Å². The molecule has 1 saturated heterocycles. The molecule has 0 radical (unpaired) electrons. The van der Waals surface area contributed by atoms with Gasteiger partial charge < -0.3 is 4.90 Å². The van der Waals surface area contributed by atoms with Gasteiger partial charge in [-0.15, -0.1) is 0 Å². The second-order valence-corrected chi connectivity index (χ2v) is 6.00. The fourth-order valence-electron chi connectivity index (χ4n) is 2.95. The average molecular weight is 288 g/mol. The van der Waals surface area contributed by atoms with E-state index in [9.17, 15) is 4.79 Å². The predicted molar refractivity (Wildman–Crippen MR) is 69.7 cm³/mol. The van der Waals surface area contributed by atoms with Crippen molar-refractivity contribution in [2.45, 2.75) is 44.9 Å². The van der Waals surface area contributed by atoms with Gasteiger partial charge in [0, 0.05) is 24.8 Å². The van der Waals surface area contributed by atoms with Crippen LogP contribution in [0.1, 0.15) is 44.9 Å². The predicted octanol–water partition coefficient (Wildman–Crippen LogP) is 3.20. The lowest BCUT2D eigenvalue weighted by Gasteiger charge is -2.24. The first kappa shape index (κ1) is 12.4. The van der Waals surface area contributed by atoms with Crippen LogP contribution in [-0.4, -0.2) is 29.2 Å². The molecule has 1 aliphatic heterocycles. The van der Waals surface area contributed by atoms with Crippen molar-refractivity contribution in [1.82, 2.24) is 4.90 Å². The molecule has 1 saturated carbocycles. The average Bonchev–Trinajstić information content (AvgIpc) is 2.79. The fourth-order valence-corrected chi connectivity index (χ4v) is 3.48. The lowest BCUT2D eigenvalue weighted by molar-refractivity contribution is -0.131. The number of alkyl halides is 1. The molecule has 0 aromatic heterocycles. The molecule has 0 spiro atoms. The molecule has 0 bridgehead atoms. The molecule has 2 rings (SSSR count). The molecular formula is C13H22BrNO. The van der Waals surface area contributed by atoms with Gasteiger partial charge in [-0.05, 0) is 31.1 Å². The molecule has 1 atom stereocenters. The molecule has 2 fully saturated rings. The summed E-state index contributed by atoms with van der Waals surface area (Å²) in [5, 5.41) is 1.04. The lowest BCUT2D eigenvalue weighted by atomic mass is 9.87. The maximum absolute atomic E-state index is 12.1. The second kappa shape index (κ2) is 6.04. The minimum atomic E-state index is 0.412. The lowest BCUT2D eigenvalue weighted by Crippen LogP contribution is -2.30. The number of likely N-dealkylation sites (tertiary alicyclic amines) is 1. The molecule has 0 aromatic carbocycles. The van der Waals surface area contributed by atoms with Crippen molar-refractivity contribution < 1.29 is 4.79 Å². The van der Waals surface area contributed by atoms with Crippen LogP contribution in [0.4, 0.5) is 0 Å². The minimum absolute atomic E-state index is 0.412. The van der Waals surface area contributed by atoms with Crippen molar-refractivity contribution in [2.24, 2.45) is 11.8 Å². The molecule has 2 aliphatic rings. The van der Waals surface area contributed by atoms with E-state index in [2.05, 4.69) is 20.8 Å². The van der Waals surface area contributed by atoms with E-state index in [1.165, 1.54) is 38.5 Å². The van der Waals surface area contributed by atoms with E-state index in [-0.39, 0.29) is 0 Å². The van der Waals surface area contributed by atoms with Crippen molar-refractivity contribution in [2.75, 3.05) is 18.4 Å². The van der Waals surface area contributed by atoms with Crippen molar-refractivity contribution in [3.05, 3.63) is 0 Å². The Labute approximate surface area is 107 Å². The van der Waals surface area contributed by atoms with Crippen LogP contribution in [0.2, 0.25) is 0 Å². The summed E-state index contributed by atoms with van der Waals surface area (Å²) >= 11 is 3.51. The molecule has 3 heteroatoms. The van der Waals surface area contributed by atoms with Crippen molar-refractivity contribution >= 4 is 21.8 Å². The maximum atomic E-state index is 12.1. The summed E-state index contributed by atoms with van der Waals surface area (Å²) in [6.07, 6.45) is 8.60. The minimum Gasteiger partial charge on any atom is -0.342 e. The van der Waals surface area contributed by atoms with Crippen LogP contribution >= 0.6 is 15.9 Å². The van der Waals surface area contributed by atoms with Gasteiger partial charge in [0.2, 0.25) is 5.91 Å². The normalized spacial score (nSPS) is 27.3. The van der Waals surface area contributed by atoms with E-state index in [1.807, 2.05) is 0 Å². The summed E-state index contributed by atoms with van der Waals surface area (Å²) in [5.41, 5.74) is 0. The number of rotatable bonds is 3. The van der Waals surface area contributed by atoms with Gasteiger partial charge in [-0.25, -0.2) is 0 Å². The van der Waals surface area contributed by atoms with Gasteiger partial charge in [-0.1, -0.05) is 35.2 Å². The number of nitrogens with zero attached hydrogens (tertiary/aromatic N) is 1. The van der Waals surface area contributed by atoms with Crippen LogP contribution in [0, 0.1) is 11.8 Å². The molecule has 0 aromatic rings. The van der Waals surface area contributed by atoms with Gasteiger partial charge in [0.05, 0.1) is 0 Å². The smallest absolute Gasteiger partial charge is 0.222 e. The highest BCUT2D eigenvalue weighted by molar-refractivity contribution is 9.09. The Hall–Kier alpha value is -0.0500. The number of hydrogen-bond donors (Lipinski definition) is 0. The number of amides is 1. The first-order valence-electron chi connectivity index (χ1n) is 6.63. The third-order valence-electron chi connectivity index (χ3n) is 4.04. The van der Waals surface area contributed by atoms with Crippen LogP contribution in [0.25, 0.3) is 0 Å². The van der Waals surface area contributed by atoms with E-state index >= 15 is 0 Å². The topological polar surface area (TPSA) is 20.3 Å². The SMILES string of the molecule is O=C(CC1CCCCC1)N1CCC(CBr)C1. The van der Waals surface area contributed by atoms with E-state index in [0.29, 0.717) is 17.7 Å². The molecule has 2 nitrogen and oxygen atoms in total. The quantitative estimate of drug-likeness (QED) is 0.730. The highest BCUT2D eigenvalue weighted by atomic mass is 79.9. The third-order valence-corrected chi connectivity index (χ3v) is 4.96. The first-order chi connectivity index (χ1) is 7.79. The zero-order valence-corrected chi connectivity index (χ0v) is 11.5. The Balaban J connectivity index is 1.75. The second-order valence-electron chi connectivity index (χ2n) is 5.36. The highest BCUT2D eigenvalue weighted by Gasteiger charge is 2.27. The van der Waals surface area contributed by atoms with Gasteiger partial charge in [0.15, 0.2) is 0 Å². The molecule has 1 unspecified atom stereocenters. The standard InChI is InChI=1S/C13H22BrNO/c14-9-12-6-7-15(10-12)13(16)8-11-4-2-1-3-5-11/h11-12H,1-10H2. The Morgan fingerprint density at radius 3 is 2.50 bits per heavy atom. The Kier molecular flexibility index (Phi) is 4.68. The fraction of sp³-hybridized carbons (Fsp3) is 0.923. The monoisotopic (exact) mass is 287 g/mol. The number of carbonyl (C=O) groups excluding carboxylic acids is 1. The largest absolute Gasteiger partial charge is 0.342 e. The molecule has 92 valence electrons. The molecule has 0 N–H and O–H groups in total. The van der Waals surface area contributed by atoms with Gasteiger partial charge in [-0.2, -0.15) is 0 Å². The van der Waals surface area contributed by atoms with E-state index < -0.39 is 0 Å². The zero-order valence-electron chi connectivity index (χ0n) is 9.96. The van der Waals surface area contributed by atoms with Gasteiger partial charge in [0.1, 0.15) is 0 Å². The van der Waals surface area contributed by atoms with Crippen LogP contribution in [0.15, 0.2) is 0 Å².